The van der Waals surface area contributed by atoms with E-state index in [1.165, 1.54) is 0 Å². The summed E-state index contributed by atoms with van der Waals surface area (Å²) in [6.45, 7) is 2.97. The summed E-state index contributed by atoms with van der Waals surface area (Å²) in [6.07, 6.45) is 0.830. The zero-order chi connectivity index (χ0) is 14.8. The summed E-state index contributed by atoms with van der Waals surface area (Å²) in [5.74, 6) is -1.61. The maximum absolute atomic E-state index is 11.1. The number of aldehydes is 1. The van der Waals surface area contributed by atoms with Crippen molar-refractivity contribution in [1.82, 2.24) is 0 Å². The van der Waals surface area contributed by atoms with E-state index in [9.17, 15) is 9.59 Å². The van der Waals surface area contributed by atoms with Crippen molar-refractivity contribution < 1.29 is 14.7 Å². The molecule has 0 amide bonds. The fourth-order valence-electron chi connectivity index (χ4n) is 1.68. The van der Waals surface area contributed by atoms with Gasteiger partial charge in [-0.3, -0.25) is 4.79 Å². The lowest BCUT2D eigenvalue weighted by molar-refractivity contribution is -0.108. The SMILES string of the molecule is CC.CNc1ccccc1C(C=O)CB(N)C(=O)O. The second kappa shape index (κ2) is 9.16. The van der Waals surface area contributed by atoms with Crippen molar-refractivity contribution in [1.29, 1.82) is 0 Å². The molecular formula is C13H21BN2O3. The van der Waals surface area contributed by atoms with Gasteiger partial charge in [0.15, 0.2) is 0 Å². The van der Waals surface area contributed by atoms with Gasteiger partial charge in [0.05, 0.1) is 0 Å². The summed E-state index contributed by atoms with van der Waals surface area (Å²) in [6, 6.07) is 7.27. The average molecular weight is 264 g/mol. The van der Waals surface area contributed by atoms with Gasteiger partial charge in [0.2, 0.25) is 0 Å². The molecule has 104 valence electrons. The summed E-state index contributed by atoms with van der Waals surface area (Å²) >= 11 is 0. The van der Waals surface area contributed by atoms with Crippen LogP contribution >= 0.6 is 0 Å². The number of nitrogens with one attached hydrogen (secondary N) is 1. The van der Waals surface area contributed by atoms with Gasteiger partial charge in [-0.2, -0.15) is 0 Å². The van der Waals surface area contributed by atoms with Gasteiger partial charge in [0, 0.05) is 18.7 Å². The molecule has 0 aliphatic carbocycles. The predicted molar refractivity (Wildman–Crippen MR) is 78.9 cm³/mol. The van der Waals surface area contributed by atoms with Crippen LogP contribution in [-0.2, 0) is 4.79 Å². The molecule has 1 rings (SSSR count). The Morgan fingerprint density at radius 2 is 2.05 bits per heavy atom. The Morgan fingerprint density at radius 1 is 1.47 bits per heavy atom. The van der Waals surface area contributed by atoms with Gasteiger partial charge in [-0.05, 0) is 17.9 Å². The third kappa shape index (κ3) is 5.13. The van der Waals surface area contributed by atoms with E-state index in [1.807, 2.05) is 26.0 Å². The lowest BCUT2D eigenvalue weighted by Gasteiger charge is -2.15. The minimum atomic E-state index is -1.10. The molecule has 0 aliphatic heterocycles. The Balaban J connectivity index is 0.00000154. The molecule has 1 atom stereocenters. The highest BCUT2D eigenvalue weighted by molar-refractivity contribution is 6.86. The molecular weight excluding hydrogens is 243 g/mol. The second-order valence-electron chi connectivity index (χ2n) is 3.76. The predicted octanol–water partition coefficient (Wildman–Crippen LogP) is 2.25. The molecule has 0 saturated heterocycles. The lowest BCUT2D eigenvalue weighted by Crippen LogP contribution is -2.36. The van der Waals surface area contributed by atoms with E-state index in [0.29, 0.717) is 0 Å². The molecule has 0 spiro atoms. The maximum Gasteiger partial charge on any atom is 0.354 e. The van der Waals surface area contributed by atoms with Crippen molar-refractivity contribution in [3.63, 3.8) is 0 Å². The number of carbonyl (C=O) groups is 2. The number of para-hydroxylation sites is 1. The lowest BCUT2D eigenvalue weighted by atomic mass is 9.57. The zero-order valence-electron chi connectivity index (χ0n) is 11.6. The molecule has 1 unspecified atom stereocenters. The number of hydrogen-bond acceptors (Lipinski definition) is 4. The van der Waals surface area contributed by atoms with Crippen molar-refractivity contribution in [3.8, 4) is 0 Å². The standard InChI is InChI=1S/C11H15BN2O3.C2H6/c1-14-10-5-3-2-4-9(10)8(7-15)6-12(13)11(16)17;1-2/h2-5,7-8,14H,6,13H2,1H3,(H,16,17);1-2H3. The third-order valence-corrected chi connectivity index (χ3v) is 2.62. The Kier molecular flexibility index (Phi) is 8.28. The van der Waals surface area contributed by atoms with Crippen molar-refractivity contribution in [2.75, 3.05) is 12.4 Å². The highest BCUT2D eigenvalue weighted by Gasteiger charge is 2.25. The number of benzene rings is 1. The van der Waals surface area contributed by atoms with E-state index in [2.05, 4.69) is 5.32 Å². The van der Waals surface area contributed by atoms with Crippen LogP contribution in [0, 0.1) is 0 Å². The number of nitrogens with two attached hydrogens (primary N) is 1. The van der Waals surface area contributed by atoms with Gasteiger partial charge in [-0.25, -0.2) is 0 Å². The first-order valence-corrected chi connectivity index (χ1v) is 6.30. The molecule has 0 fully saturated rings. The molecule has 6 heteroatoms. The Labute approximate surface area is 114 Å². The van der Waals surface area contributed by atoms with Crippen LogP contribution in [0.15, 0.2) is 24.3 Å². The van der Waals surface area contributed by atoms with Crippen LogP contribution in [0.3, 0.4) is 0 Å². The van der Waals surface area contributed by atoms with Crippen LogP contribution in [0.5, 0.6) is 0 Å². The number of carboxylic acid groups (broad SMARTS) is 1. The summed E-state index contributed by atoms with van der Waals surface area (Å²) in [5, 5.41) is 11.7. The quantitative estimate of drug-likeness (QED) is 0.541. The average Bonchev–Trinajstić information content (AvgIpc) is 2.46. The van der Waals surface area contributed by atoms with Crippen molar-refractivity contribution >= 4 is 24.7 Å². The van der Waals surface area contributed by atoms with E-state index >= 15 is 0 Å². The maximum atomic E-state index is 11.1. The van der Waals surface area contributed by atoms with Crippen LogP contribution in [-0.4, -0.2) is 31.2 Å². The molecule has 1 aromatic rings. The fourth-order valence-corrected chi connectivity index (χ4v) is 1.68. The largest absolute Gasteiger partial charge is 0.488 e. The van der Waals surface area contributed by atoms with Gasteiger partial charge < -0.3 is 20.9 Å². The third-order valence-electron chi connectivity index (χ3n) is 2.62. The zero-order valence-corrected chi connectivity index (χ0v) is 11.6. The summed E-state index contributed by atoms with van der Waals surface area (Å²) in [4.78, 5) is 21.7. The van der Waals surface area contributed by atoms with Gasteiger partial charge in [0.25, 0.3) is 5.87 Å². The van der Waals surface area contributed by atoms with Crippen LogP contribution in [0.1, 0.15) is 25.3 Å². The highest BCUT2D eigenvalue weighted by Crippen LogP contribution is 2.26. The molecule has 0 radical (unpaired) electrons. The van der Waals surface area contributed by atoms with Crippen LogP contribution in [0.25, 0.3) is 0 Å². The number of anilines is 1. The minimum Gasteiger partial charge on any atom is -0.488 e. The molecule has 0 aliphatic rings. The van der Waals surface area contributed by atoms with Gasteiger partial charge >= 0.3 is 6.85 Å². The monoisotopic (exact) mass is 264 g/mol. The topological polar surface area (TPSA) is 92.4 Å². The molecule has 5 nitrogen and oxygen atoms in total. The molecule has 0 heterocycles. The van der Waals surface area contributed by atoms with Crippen molar-refractivity contribution in [3.05, 3.63) is 29.8 Å². The Hall–Kier alpha value is -1.82. The van der Waals surface area contributed by atoms with Crippen molar-refractivity contribution in [2.24, 2.45) is 5.64 Å². The van der Waals surface area contributed by atoms with Gasteiger partial charge in [-0.15, -0.1) is 0 Å². The molecule has 19 heavy (non-hydrogen) atoms. The van der Waals surface area contributed by atoms with Gasteiger partial charge in [0.1, 0.15) is 6.29 Å². The fraction of sp³-hybridized carbons (Fsp3) is 0.385. The molecule has 0 bridgehead atoms. The minimum absolute atomic E-state index is 0.0948. The first kappa shape index (κ1) is 17.2. The first-order valence-electron chi connectivity index (χ1n) is 6.30. The van der Waals surface area contributed by atoms with E-state index in [-0.39, 0.29) is 6.32 Å². The van der Waals surface area contributed by atoms with E-state index in [1.54, 1.807) is 19.2 Å². The number of hydrogen-bond donors (Lipinski definition) is 3. The first-order chi connectivity index (χ1) is 9.10. The van der Waals surface area contributed by atoms with E-state index < -0.39 is 18.6 Å². The van der Waals surface area contributed by atoms with E-state index in [4.69, 9.17) is 10.8 Å². The molecule has 4 N–H and O–H groups in total. The Morgan fingerprint density at radius 3 is 2.53 bits per heavy atom. The summed E-state index contributed by atoms with van der Waals surface area (Å²) in [5.41, 5.74) is 7.02. The molecule has 0 saturated carbocycles. The van der Waals surface area contributed by atoms with Crippen molar-refractivity contribution in [2.45, 2.75) is 26.1 Å². The summed E-state index contributed by atoms with van der Waals surface area (Å²) < 4.78 is 0. The van der Waals surface area contributed by atoms with Crippen LogP contribution in [0.4, 0.5) is 10.5 Å². The Bertz CT molecular complexity index is 413. The molecule has 0 aromatic heterocycles. The second-order valence-corrected chi connectivity index (χ2v) is 3.76. The van der Waals surface area contributed by atoms with Crippen LogP contribution in [0.2, 0.25) is 6.32 Å². The van der Waals surface area contributed by atoms with Gasteiger partial charge in [-0.1, -0.05) is 32.0 Å². The number of carbonyl (C=O) groups excluding carboxylic acids is 1. The highest BCUT2D eigenvalue weighted by atomic mass is 16.4. The normalized spacial score (nSPS) is 10.7. The molecule has 1 aromatic carbocycles. The van der Waals surface area contributed by atoms with Crippen LogP contribution < -0.4 is 11.0 Å². The summed E-state index contributed by atoms with van der Waals surface area (Å²) in [7, 11) is 1.75. The number of rotatable bonds is 6. The van der Waals surface area contributed by atoms with E-state index in [0.717, 1.165) is 17.5 Å². The smallest absolute Gasteiger partial charge is 0.354 e.